The number of rotatable bonds is 2. The summed E-state index contributed by atoms with van der Waals surface area (Å²) in [6.07, 6.45) is 1.41. The van der Waals surface area contributed by atoms with Gasteiger partial charge in [-0.25, -0.2) is 4.39 Å². The van der Waals surface area contributed by atoms with Crippen molar-refractivity contribution in [3.63, 3.8) is 0 Å². The number of aliphatic hydroxyl groups is 1. The number of piperidine rings is 1. The molecule has 1 N–H and O–H groups in total. The van der Waals surface area contributed by atoms with Crippen molar-refractivity contribution in [1.29, 1.82) is 0 Å². The molecule has 1 aliphatic rings. The molecule has 19 heavy (non-hydrogen) atoms. The molecular weight excluding hydrogens is 245 g/mol. The SMILES string of the molecule is Cc1ccc(C(=O)N2CCCC(C(C)O)C2)cc1F. The molecule has 1 heterocycles. The monoisotopic (exact) mass is 265 g/mol. The molecule has 3 nitrogen and oxygen atoms in total. The first-order valence-electron chi connectivity index (χ1n) is 6.72. The van der Waals surface area contributed by atoms with Crippen LogP contribution in [-0.4, -0.2) is 35.1 Å². The highest BCUT2D eigenvalue weighted by Gasteiger charge is 2.27. The largest absolute Gasteiger partial charge is 0.393 e. The predicted molar refractivity (Wildman–Crippen MR) is 71.4 cm³/mol. The van der Waals surface area contributed by atoms with E-state index in [-0.39, 0.29) is 17.6 Å². The van der Waals surface area contributed by atoms with Crippen LogP contribution in [0.3, 0.4) is 0 Å². The maximum absolute atomic E-state index is 13.5. The zero-order chi connectivity index (χ0) is 14.0. The van der Waals surface area contributed by atoms with Crippen molar-refractivity contribution in [2.45, 2.75) is 32.8 Å². The molecule has 104 valence electrons. The van der Waals surface area contributed by atoms with Crippen LogP contribution in [-0.2, 0) is 0 Å². The normalized spacial score (nSPS) is 21.3. The van der Waals surface area contributed by atoms with Crippen LogP contribution in [0.1, 0.15) is 35.7 Å². The maximum atomic E-state index is 13.5. The molecule has 1 aromatic rings. The maximum Gasteiger partial charge on any atom is 0.253 e. The van der Waals surface area contributed by atoms with Crippen molar-refractivity contribution in [3.8, 4) is 0 Å². The second-order valence-corrected chi connectivity index (χ2v) is 5.36. The highest BCUT2D eigenvalue weighted by atomic mass is 19.1. The standard InChI is InChI=1S/C15H20FNO2/c1-10-5-6-12(8-14(10)16)15(19)17-7-3-4-13(9-17)11(2)18/h5-6,8,11,13,18H,3-4,7,9H2,1-2H3. The van der Waals surface area contributed by atoms with E-state index in [1.54, 1.807) is 30.9 Å². The third-order valence-electron chi connectivity index (χ3n) is 3.85. The molecular formula is C15H20FNO2. The number of carbonyl (C=O) groups excluding carboxylic acids is 1. The smallest absolute Gasteiger partial charge is 0.253 e. The van der Waals surface area contributed by atoms with E-state index in [1.807, 2.05) is 0 Å². The van der Waals surface area contributed by atoms with E-state index in [2.05, 4.69) is 0 Å². The summed E-state index contributed by atoms with van der Waals surface area (Å²) in [5.74, 6) is -0.382. The Morgan fingerprint density at radius 1 is 1.53 bits per heavy atom. The molecule has 1 aromatic carbocycles. The van der Waals surface area contributed by atoms with Crippen LogP contribution in [0.2, 0.25) is 0 Å². The predicted octanol–water partition coefficient (Wildman–Crippen LogP) is 2.37. The lowest BCUT2D eigenvalue weighted by atomic mass is 9.93. The Kier molecular flexibility index (Phi) is 4.20. The van der Waals surface area contributed by atoms with Crippen LogP contribution in [0.4, 0.5) is 4.39 Å². The van der Waals surface area contributed by atoms with Crippen LogP contribution in [0, 0.1) is 18.7 Å². The van der Waals surface area contributed by atoms with Crippen LogP contribution in [0.5, 0.6) is 0 Å². The Bertz CT molecular complexity index is 473. The second-order valence-electron chi connectivity index (χ2n) is 5.36. The summed E-state index contributed by atoms with van der Waals surface area (Å²) in [5, 5.41) is 9.63. The summed E-state index contributed by atoms with van der Waals surface area (Å²) in [7, 11) is 0. The van der Waals surface area contributed by atoms with Crippen LogP contribution in [0.25, 0.3) is 0 Å². The number of hydrogen-bond donors (Lipinski definition) is 1. The van der Waals surface area contributed by atoms with E-state index >= 15 is 0 Å². The first-order chi connectivity index (χ1) is 8.99. The van der Waals surface area contributed by atoms with Gasteiger partial charge in [0.05, 0.1) is 6.10 Å². The van der Waals surface area contributed by atoms with Crippen molar-refractivity contribution < 1.29 is 14.3 Å². The van der Waals surface area contributed by atoms with Gasteiger partial charge in [0.25, 0.3) is 5.91 Å². The Balaban J connectivity index is 2.12. The summed E-state index contributed by atoms with van der Waals surface area (Å²) in [6, 6.07) is 4.58. The molecule has 0 aliphatic carbocycles. The van der Waals surface area contributed by atoms with Gasteiger partial charge >= 0.3 is 0 Å². The van der Waals surface area contributed by atoms with Crippen molar-refractivity contribution in [3.05, 3.63) is 35.1 Å². The average molecular weight is 265 g/mol. The molecule has 0 aromatic heterocycles. The lowest BCUT2D eigenvalue weighted by molar-refractivity contribution is 0.0465. The summed E-state index contributed by atoms with van der Waals surface area (Å²) in [6.45, 7) is 4.65. The minimum absolute atomic E-state index is 0.119. The first-order valence-corrected chi connectivity index (χ1v) is 6.72. The van der Waals surface area contributed by atoms with Crippen molar-refractivity contribution in [2.75, 3.05) is 13.1 Å². The molecule has 2 atom stereocenters. The summed E-state index contributed by atoms with van der Waals surface area (Å²) in [5.41, 5.74) is 0.923. The molecule has 4 heteroatoms. The molecule has 2 rings (SSSR count). The Hall–Kier alpha value is -1.42. The summed E-state index contributed by atoms with van der Waals surface area (Å²) in [4.78, 5) is 14.0. The van der Waals surface area contributed by atoms with Crippen LogP contribution in [0.15, 0.2) is 18.2 Å². The van der Waals surface area contributed by atoms with Gasteiger partial charge in [-0.15, -0.1) is 0 Å². The fourth-order valence-corrected chi connectivity index (χ4v) is 2.50. The van der Waals surface area contributed by atoms with Gasteiger partial charge < -0.3 is 10.0 Å². The number of amides is 1. The van der Waals surface area contributed by atoms with Gasteiger partial charge in [-0.2, -0.15) is 0 Å². The van der Waals surface area contributed by atoms with Gasteiger partial charge in [-0.3, -0.25) is 4.79 Å². The molecule has 1 aliphatic heterocycles. The third-order valence-corrected chi connectivity index (χ3v) is 3.85. The first kappa shape index (κ1) is 14.0. The van der Waals surface area contributed by atoms with Crippen molar-refractivity contribution in [2.24, 2.45) is 5.92 Å². The van der Waals surface area contributed by atoms with Gasteiger partial charge in [0.15, 0.2) is 0 Å². The molecule has 0 radical (unpaired) electrons. The number of hydrogen-bond acceptors (Lipinski definition) is 2. The average Bonchev–Trinajstić information content (AvgIpc) is 2.41. The van der Waals surface area contributed by atoms with Gasteiger partial charge in [0, 0.05) is 24.6 Å². The minimum Gasteiger partial charge on any atom is -0.393 e. The summed E-state index contributed by atoms with van der Waals surface area (Å²) >= 11 is 0. The quantitative estimate of drug-likeness (QED) is 0.891. The van der Waals surface area contributed by atoms with Crippen molar-refractivity contribution in [1.82, 2.24) is 4.90 Å². The zero-order valence-corrected chi connectivity index (χ0v) is 11.4. The van der Waals surface area contributed by atoms with Crippen LogP contribution >= 0.6 is 0 Å². The lowest BCUT2D eigenvalue weighted by Gasteiger charge is -2.34. The van der Waals surface area contributed by atoms with E-state index in [9.17, 15) is 14.3 Å². The number of aryl methyl sites for hydroxylation is 1. The van der Waals surface area contributed by atoms with E-state index < -0.39 is 6.10 Å². The molecule has 2 unspecified atom stereocenters. The zero-order valence-electron chi connectivity index (χ0n) is 11.4. The van der Waals surface area contributed by atoms with Gasteiger partial charge in [0.1, 0.15) is 5.82 Å². The number of benzene rings is 1. The second kappa shape index (κ2) is 5.70. The molecule has 1 fully saturated rings. The number of likely N-dealkylation sites (tertiary alicyclic amines) is 1. The van der Waals surface area contributed by atoms with Gasteiger partial charge in [-0.05, 0) is 44.4 Å². The Labute approximate surface area is 113 Å². The van der Waals surface area contributed by atoms with Gasteiger partial charge in [-0.1, -0.05) is 6.07 Å². The fraction of sp³-hybridized carbons (Fsp3) is 0.533. The molecule has 0 spiro atoms. The van der Waals surface area contributed by atoms with E-state index in [0.717, 1.165) is 12.8 Å². The Morgan fingerprint density at radius 3 is 2.89 bits per heavy atom. The summed E-state index contributed by atoms with van der Waals surface area (Å²) < 4.78 is 13.5. The number of carbonyl (C=O) groups is 1. The minimum atomic E-state index is -0.412. The molecule has 1 amide bonds. The highest BCUT2D eigenvalue weighted by Crippen LogP contribution is 2.21. The topological polar surface area (TPSA) is 40.5 Å². The number of halogens is 1. The van der Waals surface area contributed by atoms with E-state index in [1.165, 1.54) is 6.07 Å². The molecule has 0 bridgehead atoms. The molecule has 0 saturated carbocycles. The third kappa shape index (κ3) is 3.13. The number of nitrogens with zero attached hydrogens (tertiary/aromatic N) is 1. The Morgan fingerprint density at radius 2 is 2.26 bits per heavy atom. The van der Waals surface area contributed by atoms with Crippen LogP contribution < -0.4 is 0 Å². The lowest BCUT2D eigenvalue weighted by Crippen LogP contribution is -2.42. The van der Waals surface area contributed by atoms with Crippen molar-refractivity contribution >= 4 is 5.91 Å². The fourth-order valence-electron chi connectivity index (χ4n) is 2.50. The van der Waals surface area contributed by atoms with Gasteiger partial charge in [0.2, 0.25) is 0 Å². The number of aliphatic hydroxyl groups excluding tert-OH is 1. The highest BCUT2D eigenvalue weighted by molar-refractivity contribution is 5.94. The van der Waals surface area contributed by atoms with E-state index in [4.69, 9.17) is 0 Å². The van der Waals surface area contributed by atoms with E-state index in [0.29, 0.717) is 24.2 Å². The molecule has 1 saturated heterocycles.